The molecule has 0 saturated carbocycles. The third-order valence-electron chi connectivity index (χ3n) is 2.25. The SMILES string of the molecule is COCC(CNC(=O)OC(C)(C)C)(CC(=O)O)NC=O. The van der Waals surface area contributed by atoms with Crippen LogP contribution in [0.25, 0.3) is 0 Å². The molecule has 1 atom stereocenters. The molecule has 2 amide bonds. The van der Waals surface area contributed by atoms with Gasteiger partial charge in [0.25, 0.3) is 0 Å². The second-order valence-corrected chi connectivity index (χ2v) is 5.40. The summed E-state index contributed by atoms with van der Waals surface area (Å²) in [6.07, 6.45) is -0.718. The molecule has 0 aromatic rings. The van der Waals surface area contributed by atoms with Crippen LogP contribution in [-0.2, 0) is 19.1 Å². The van der Waals surface area contributed by atoms with E-state index in [1.807, 2.05) is 0 Å². The summed E-state index contributed by atoms with van der Waals surface area (Å²) in [5.74, 6) is -1.12. The molecule has 0 saturated heterocycles. The van der Waals surface area contributed by atoms with Crippen molar-refractivity contribution < 1.29 is 29.0 Å². The molecule has 0 aliphatic rings. The molecule has 0 aromatic heterocycles. The molecular weight excluding hydrogens is 268 g/mol. The first-order chi connectivity index (χ1) is 9.14. The van der Waals surface area contributed by atoms with Crippen LogP contribution in [0, 0.1) is 0 Å². The van der Waals surface area contributed by atoms with E-state index >= 15 is 0 Å². The summed E-state index contributed by atoms with van der Waals surface area (Å²) in [6.45, 7) is 4.93. The molecule has 3 N–H and O–H groups in total. The molecule has 116 valence electrons. The van der Waals surface area contributed by atoms with E-state index in [-0.39, 0.29) is 13.2 Å². The number of nitrogens with one attached hydrogen (secondary N) is 2. The average Bonchev–Trinajstić information content (AvgIpc) is 2.24. The summed E-state index contributed by atoms with van der Waals surface area (Å²) >= 11 is 0. The zero-order chi connectivity index (χ0) is 15.8. The number of hydrogen-bond donors (Lipinski definition) is 3. The van der Waals surface area contributed by atoms with Crippen LogP contribution in [0.2, 0.25) is 0 Å². The highest BCUT2D eigenvalue weighted by Gasteiger charge is 2.33. The number of carboxylic acids is 1. The second-order valence-electron chi connectivity index (χ2n) is 5.40. The lowest BCUT2D eigenvalue weighted by Crippen LogP contribution is -2.57. The lowest BCUT2D eigenvalue weighted by Gasteiger charge is -2.31. The van der Waals surface area contributed by atoms with Gasteiger partial charge in [-0.05, 0) is 20.8 Å². The minimum Gasteiger partial charge on any atom is -0.481 e. The summed E-state index contributed by atoms with van der Waals surface area (Å²) in [5, 5.41) is 13.7. The summed E-state index contributed by atoms with van der Waals surface area (Å²) in [7, 11) is 1.37. The highest BCUT2D eigenvalue weighted by molar-refractivity contribution is 5.71. The van der Waals surface area contributed by atoms with E-state index in [0.29, 0.717) is 6.41 Å². The van der Waals surface area contributed by atoms with Crippen molar-refractivity contribution in [2.45, 2.75) is 38.3 Å². The fourth-order valence-electron chi connectivity index (χ4n) is 1.55. The average molecular weight is 290 g/mol. The minimum atomic E-state index is -1.22. The van der Waals surface area contributed by atoms with Crippen LogP contribution < -0.4 is 10.6 Å². The van der Waals surface area contributed by atoms with Crippen LogP contribution in [0.15, 0.2) is 0 Å². The first-order valence-corrected chi connectivity index (χ1v) is 6.03. The number of carbonyl (C=O) groups is 3. The Morgan fingerprint density at radius 1 is 1.30 bits per heavy atom. The van der Waals surface area contributed by atoms with Gasteiger partial charge in [-0.15, -0.1) is 0 Å². The summed E-state index contributed by atoms with van der Waals surface area (Å²) in [6, 6.07) is 0. The van der Waals surface area contributed by atoms with E-state index in [2.05, 4.69) is 10.6 Å². The van der Waals surface area contributed by atoms with Crippen LogP contribution in [0.5, 0.6) is 0 Å². The first kappa shape index (κ1) is 18.2. The first-order valence-electron chi connectivity index (χ1n) is 6.03. The Kier molecular flexibility index (Phi) is 6.98. The Morgan fingerprint density at radius 2 is 1.90 bits per heavy atom. The Morgan fingerprint density at radius 3 is 2.30 bits per heavy atom. The van der Waals surface area contributed by atoms with Gasteiger partial charge < -0.3 is 25.2 Å². The zero-order valence-corrected chi connectivity index (χ0v) is 12.2. The number of alkyl carbamates (subject to hydrolysis) is 1. The fraction of sp³-hybridized carbons (Fsp3) is 0.750. The van der Waals surface area contributed by atoms with Gasteiger partial charge in [0.1, 0.15) is 5.60 Å². The standard InChI is InChI=1S/C12H22N2O6/c1-11(2,3)20-10(18)13-6-12(7-19-4,14-8-15)5-9(16)17/h8H,5-7H2,1-4H3,(H,13,18)(H,14,15)(H,16,17). The normalized spacial score (nSPS) is 14.0. The predicted octanol–water partition coefficient (Wildman–Crippen LogP) is 0.117. The van der Waals surface area contributed by atoms with Crippen molar-refractivity contribution in [3.8, 4) is 0 Å². The molecule has 0 spiro atoms. The molecule has 20 heavy (non-hydrogen) atoms. The molecule has 0 aliphatic heterocycles. The lowest BCUT2D eigenvalue weighted by molar-refractivity contribution is -0.139. The molecule has 8 heteroatoms. The van der Waals surface area contributed by atoms with Gasteiger partial charge in [-0.1, -0.05) is 0 Å². The van der Waals surface area contributed by atoms with Crippen LogP contribution in [-0.4, -0.2) is 55.0 Å². The van der Waals surface area contributed by atoms with Crippen LogP contribution >= 0.6 is 0 Å². The quantitative estimate of drug-likeness (QED) is 0.547. The monoisotopic (exact) mass is 290 g/mol. The zero-order valence-electron chi connectivity index (χ0n) is 12.2. The van der Waals surface area contributed by atoms with Gasteiger partial charge in [0.05, 0.1) is 18.6 Å². The molecule has 8 nitrogen and oxygen atoms in total. The van der Waals surface area contributed by atoms with Crippen molar-refractivity contribution >= 4 is 18.5 Å². The number of hydrogen-bond acceptors (Lipinski definition) is 5. The molecule has 0 aliphatic carbocycles. The van der Waals surface area contributed by atoms with Gasteiger partial charge in [0.2, 0.25) is 6.41 Å². The topological polar surface area (TPSA) is 114 Å². The molecule has 0 rings (SSSR count). The third-order valence-corrected chi connectivity index (χ3v) is 2.25. The van der Waals surface area contributed by atoms with Gasteiger partial charge in [-0.2, -0.15) is 0 Å². The van der Waals surface area contributed by atoms with Crippen molar-refractivity contribution in [3.63, 3.8) is 0 Å². The van der Waals surface area contributed by atoms with E-state index in [9.17, 15) is 14.4 Å². The molecule has 0 aromatic carbocycles. The lowest BCUT2D eigenvalue weighted by atomic mass is 9.96. The van der Waals surface area contributed by atoms with Crippen molar-refractivity contribution in [2.24, 2.45) is 0 Å². The highest BCUT2D eigenvalue weighted by Crippen LogP contribution is 2.11. The van der Waals surface area contributed by atoms with Crippen molar-refractivity contribution in [1.82, 2.24) is 10.6 Å². The van der Waals surface area contributed by atoms with Crippen molar-refractivity contribution in [2.75, 3.05) is 20.3 Å². The van der Waals surface area contributed by atoms with Crippen LogP contribution in [0.3, 0.4) is 0 Å². The van der Waals surface area contributed by atoms with Crippen LogP contribution in [0.1, 0.15) is 27.2 Å². The van der Waals surface area contributed by atoms with Gasteiger partial charge in [0, 0.05) is 13.7 Å². The molecular formula is C12H22N2O6. The molecule has 1 unspecified atom stereocenters. The smallest absolute Gasteiger partial charge is 0.407 e. The largest absolute Gasteiger partial charge is 0.481 e. The van der Waals surface area contributed by atoms with E-state index in [1.165, 1.54) is 7.11 Å². The van der Waals surface area contributed by atoms with Crippen molar-refractivity contribution in [1.29, 1.82) is 0 Å². The number of carboxylic acid groups (broad SMARTS) is 1. The molecule has 0 bridgehead atoms. The Balaban J connectivity index is 4.74. The van der Waals surface area contributed by atoms with E-state index in [1.54, 1.807) is 20.8 Å². The number of ether oxygens (including phenoxy) is 2. The third kappa shape index (κ3) is 7.57. The van der Waals surface area contributed by atoms with Gasteiger partial charge in [-0.3, -0.25) is 9.59 Å². The van der Waals surface area contributed by atoms with Gasteiger partial charge >= 0.3 is 12.1 Å². The molecule has 0 heterocycles. The summed E-state index contributed by atoms with van der Waals surface area (Å²) in [5.41, 5.74) is -1.89. The van der Waals surface area contributed by atoms with Crippen LogP contribution in [0.4, 0.5) is 4.79 Å². The molecule has 0 radical (unpaired) electrons. The van der Waals surface area contributed by atoms with E-state index in [0.717, 1.165) is 0 Å². The number of amides is 2. The predicted molar refractivity (Wildman–Crippen MR) is 70.3 cm³/mol. The number of methoxy groups -OCH3 is 1. The molecule has 0 fully saturated rings. The Labute approximate surface area is 117 Å². The maximum absolute atomic E-state index is 11.6. The maximum atomic E-state index is 11.6. The highest BCUT2D eigenvalue weighted by atomic mass is 16.6. The number of carbonyl (C=O) groups excluding carboxylic acids is 2. The summed E-state index contributed by atoms with van der Waals surface area (Å²) < 4.78 is 9.96. The minimum absolute atomic E-state index is 0.0617. The second kappa shape index (κ2) is 7.68. The Bertz CT molecular complexity index is 352. The van der Waals surface area contributed by atoms with Crippen molar-refractivity contribution in [3.05, 3.63) is 0 Å². The van der Waals surface area contributed by atoms with E-state index < -0.39 is 29.6 Å². The van der Waals surface area contributed by atoms with E-state index in [4.69, 9.17) is 14.6 Å². The number of aliphatic carboxylic acids is 1. The van der Waals surface area contributed by atoms with Gasteiger partial charge in [-0.25, -0.2) is 4.79 Å². The summed E-state index contributed by atoms with van der Waals surface area (Å²) in [4.78, 5) is 33.1. The number of rotatable bonds is 8. The maximum Gasteiger partial charge on any atom is 0.407 e. The Hall–Kier alpha value is -1.83. The van der Waals surface area contributed by atoms with Gasteiger partial charge in [0.15, 0.2) is 0 Å². The fourth-order valence-corrected chi connectivity index (χ4v) is 1.55.